The summed E-state index contributed by atoms with van der Waals surface area (Å²) in [7, 11) is 0. The van der Waals surface area contributed by atoms with Crippen molar-refractivity contribution in [3.8, 4) is 0 Å². The Morgan fingerprint density at radius 2 is 1.79 bits per heavy atom. The van der Waals surface area contributed by atoms with Crippen LogP contribution in [0.25, 0.3) is 11.2 Å². The summed E-state index contributed by atoms with van der Waals surface area (Å²) in [6.45, 7) is 6.71. The number of rotatable bonds is 5. The first-order chi connectivity index (χ1) is 16.0. The lowest BCUT2D eigenvalue weighted by Gasteiger charge is -2.37. The van der Waals surface area contributed by atoms with Crippen molar-refractivity contribution >= 4 is 34.5 Å². The summed E-state index contributed by atoms with van der Waals surface area (Å²) in [6, 6.07) is 10.2. The molecule has 4 heterocycles. The standard InChI is InChI=1S/C24H30ClN5O3/c1-16-2-3-21-22(26-16)27-24(33-21)30-10-8-29(9-11-30)23(32)18-12-19(25)14-20(13-18)28-6-4-17(15-31)5-7-28/h2-3,12-14,17,23,31-32H,4-11,15H2,1H3. The van der Waals surface area contributed by atoms with Crippen LogP contribution in [0.3, 0.4) is 0 Å². The maximum absolute atomic E-state index is 11.1. The second kappa shape index (κ2) is 9.46. The second-order valence-corrected chi connectivity index (χ2v) is 9.46. The molecular weight excluding hydrogens is 442 g/mol. The molecule has 1 atom stereocenters. The molecule has 5 rings (SSSR count). The molecule has 2 aliphatic rings. The molecule has 2 aliphatic heterocycles. The lowest BCUT2D eigenvalue weighted by atomic mass is 9.97. The van der Waals surface area contributed by atoms with E-state index in [-0.39, 0.29) is 6.61 Å². The third kappa shape index (κ3) is 4.80. The zero-order chi connectivity index (χ0) is 22.9. The van der Waals surface area contributed by atoms with E-state index < -0.39 is 6.23 Å². The van der Waals surface area contributed by atoms with Gasteiger partial charge in [0.25, 0.3) is 6.01 Å². The Balaban J connectivity index is 1.25. The van der Waals surface area contributed by atoms with Crippen LogP contribution in [0, 0.1) is 12.8 Å². The number of fused-ring (bicyclic) bond motifs is 1. The number of nitrogens with zero attached hydrogens (tertiary/aromatic N) is 5. The van der Waals surface area contributed by atoms with Gasteiger partial charge in [-0.1, -0.05) is 11.6 Å². The van der Waals surface area contributed by atoms with Crippen LogP contribution in [-0.2, 0) is 0 Å². The molecule has 0 spiro atoms. The summed E-state index contributed by atoms with van der Waals surface area (Å²) in [5.74, 6) is 0.378. The zero-order valence-electron chi connectivity index (χ0n) is 18.8. The van der Waals surface area contributed by atoms with Crippen LogP contribution in [0.2, 0.25) is 5.02 Å². The van der Waals surface area contributed by atoms with Gasteiger partial charge in [0, 0.05) is 62.3 Å². The molecule has 9 heteroatoms. The molecule has 1 aromatic carbocycles. The maximum Gasteiger partial charge on any atom is 0.300 e. The molecule has 2 N–H and O–H groups in total. The van der Waals surface area contributed by atoms with Crippen molar-refractivity contribution in [1.29, 1.82) is 0 Å². The molecule has 0 amide bonds. The Bertz CT molecular complexity index is 1110. The highest BCUT2D eigenvalue weighted by molar-refractivity contribution is 6.30. The molecule has 8 nitrogen and oxygen atoms in total. The van der Waals surface area contributed by atoms with Crippen molar-refractivity contribution in [2.24, 2.45) is 5.92 Å². The molecule has 2 aromatic heterocycles. The number of piperidine rings is 1. The van der Waals surface area contributed by atoms with Crippen molar-refractivity contribution in [1.82, 2.24) is 14.9 Å². The summed E-state index contributed by atoms with van der Waals surface area (Å²) in [6.07, 6.45) is 1.20. The van der Waals surface area contributed by atoms with Gasteiger partial charge in [-0.05, 0) is 61.6 Å². The predicted octanol–water partition coefficient (Wildman–Crippen LogP) is 3.21. The van der Waals surface area contributed by atoms with Gasteiger partial charge in [0.05, 0.1) is 0 Å². The number of aromatic nitrogens is 2. The van der Waals surface area contributed by atoms with Crippen molar-refractivity contribution in [2.45, 2.75) is 26.0 Å². The highest BCUT2D eigenvalue weighted by Crippen LogP contribution is 2.31. The summed E-state index contributed by atoms with van der Waals surface area (Å²) in [5.41, 5.74) is 4.06. The number of hydrogen-bond acceptors (Lipinski definition) is 8. The minimum Gasteiger partial charge on any atom is -0.422 e. The van der Waals surface area contributed by atoms with Crippen LogP contribution in [0.4, 0.5) is 11.7 Å². The van der Waals surface area contributed by atoms with Gasteiger partial charge in [0.15, 0.2) is 5.58 Å². The quantitative estimate of drug-likeness (QED) is 0.586. The highest BCUT2D eigenvalue weighted by atomic mass is 35.5. The Morgan fingerprint density at radius 1 is 1.03 bits per heavy atom. The minimum absolute atomic E-state index is 0.249. The van der Waals surface area contributed by atoms with E-state index in [1.54, 1.807) is 0 Å². The number of aryl methyl sites for hydroxylation is 1. The number of anilines is 2. The molecule has 0 bridgehead atoms. The van der Waals surface area contributed by atoms with Crippen molar-refractivity contribution < 1.29 is 14.6 Å². The summed E-state index contributed by atoms with van der Waals surface area (Å²) >= 11 is 6.43. The average Bonchev–Trinajstić information content (AvgIpc) is 3.26. The third-order valence-electron chi connectivity index (χ3n) is 6.75. The van der Waals surface area contributed by atoms with Gasteiger partial charge in [-0.25, -0.2) is 4.98 Å². The average molecular weight is 472 g/mol. The van der Waals surface area contributed by atoms with E-state index in [1.165, 1.54) is 0 Å². The van der Waals surface area contributed by atoms with Crippen molar-refractivity contribution in [2.75, 3.05) is 55.7 Å². The van der Waals surface area contributed by atoms with Crippen molar-refractivity contribution in [3.05, 3.63) is 46.6 Å². The van der Waals surface area contributed by atoms with E-state index in [0.29, 0.717) is 54.4 Å². The van der Waals surface area contributed by atoms with Gasteiger partial charge >= 0.3 is 0 Å². The predicted molar refractivity (Wildman–Crippen MR) is 129 cm³/mol. The fraction of sp³-hybridized carbons (Fsp3) is 0.500. The molecule has 3 aromatic rings. The highest BCUT2D eigenvalue weighted by Gasteiger charge is 2.27. The molecule has 0 radical (unpaired) electrons. The van der Waals surface area contributed by atoms with E-state index >= 15 is 0 Å². The van der Waals surface area contributed by atoms with E-state index in [1.807, 2.05) is 37.3 Å². The maximum atomic E-state index is 11.1. The molecule has 0 aliphatic carbocycles. The van der Waals surface area contributed by atoms with Crippen LogP contribution in [0.1, 0.15) is 30.3 Å². The van der Waals surface area contributed by atoms with Crippen LogP contribution < -0.4 is 9.80 Å². The normalized spacial score (nSPS) is 19.4. The van der Waals surface area contributed by atoms with Crippen LogP contribution in [-0.4, -0.2) is 71.0 Å². The molecule has 0 saturated carbocycles. The first-order valence-electron chi connectivity index (χ1n) is 11.6. The van der Waals surface area contributed by atoms with Crippen LogP contribution in [0.5, 0.6) is 0 Å². The smallest absolute Gasteiger partial charge is 0.300 e. The van der Waals surface area contributed by atoms with Gasteiger partial charge in [-0.15, -0.1) is 0 Å². The van der Waals surface area contributed by atoms with E-state index in [2.05, 4.69) is 24.7 Å². The zero-order valence-corrected chi connectivity index (χ0v) is 19.6. The lowest BCUT2D eigenvalue weighted by molar-refractivity contribution is -0.00206. The van der Waals surface area contributed by atoms with Gasteiger partial charge in [-0.2, -0.15) is 4.98 Å². The number of oxazole rings is 1. The molecule has 1 unspecified atom stereocenters. The van der Waals surface area contributed by atoms with Crippen LogP contribution in [0.15, 0.2) is 34.7 Å². The minimum atomic E-state index is -0.729. The summed E-state index contributed by atoms with van der Waals surface area (Å²) in [5, 5.41) is 21.1. The first kappa shape index (κ1) is 22.4. The number of aliphatic hydroxyl groups excluding tert-OH is 2. The van der Waals surface area contributed by atoms with Crippen molar-refractivity contribution in [3.63, 3.8) is 0 Å². The van der Waals surface area contributed by atoms with Gasteiger partial charge in [-0.3, -0.25) is 4.90 Å². The molecule has 33 heavy (non-hydrogen) atoms. The number of halogens is 1. The Kier molecular flexibility index (Phi) is 6.42. The third-order valence-corrected chi connectivity index (χ3v) is 6.97. The first-order valence-corrected chi connectivity index (χ1v) is 12.0. The second-order valence-electron chi connectivity index (χ2n) is 9.02. The van der Waals surface area contributed by atoms with E-state index in [4.69, 9.17) is 16.0 Å². The van der Waals surface area contributed by atoms with E-state index in [9.17, 15) is 10.2 Å². The molecule has 176 valence electrons. The largest absolute Gasteiger partial charge is 0.422 e. The number of piperazine rings is 1. The Morgan fingerprint density at radius 3 is 2.52 bits per heavy atom. The number of aliphatic hydroxyl groups is 2. The fourth-order valence-corrected chi connectivity index (χ4v) is 4.95. The summed E-state index contributed by atoms with van der Waals surface area (Å²) in [4.78, 5) is 15.4. The Labute approximate surface area is 198 Å². The monoisotopic (exact) mass is 471 g/mol. The lowest BCUT2D eigenvalue weighted by Crippen LogP contribution is -2.47. The summed E-state index contributed by atoms with van der Waals surface area (Å²) < 4.78 is 5.89. The van der Waals surface area contributed by atoms with Gasteiger partial charge in [0.2, 0.25) is 5.65 Å². The number of pyridine rings is 1. The van der Waals surface area contributed by atoms with Gasteiger partial charge < -0.3 is 24.4 Å². The van der Waals surface area contributed by atoms with Gasteiger partial charge in [0.1, 0.15) is 6.23 Å². The number of hydrogen-bond donors (Lipinski definition) is 2. The topological polar surface area (TPSA) is 89.1 Å². The van der Waals surface area contributed by atoms with Crippen LogP contribution >= 0.6 is 11.6 Å². The molecule has 2 fully saturated rings. The SMILES string of the molecule is Cc1ccc2oc(N3CCN(C(O)c4cc(Cl)cc(N5CCC(CO)CC5)c4)CC3)nc2n1. The molecule has 2 saturated heterocycles. The fourth-order valence-electron chi connectivity index (χ4n) is 4.71. The Hall–Kier alpha value is -2.39. The van der Waals surface area contributed by atoms with E-state index in [0.717, 1.165) is 42.9 Å². The number of benzene rings is 1. The molecular formula is C24H30ClN5O3.